The second-order valence-corrected chi connectivity index (χ2v) is 5.62. The van der Waals surface area contributed by atoms with E-state index >= 15 is 0 Å². The van der Waals surface area contributed by atoms with Crippen LogP contribution in [-0.4, -0.2) is 0 Å². The van der Waals surface area contributed by atoms with E-state index in [4.69, 9.17) is 5.73 Å². The fourth-order valence-electron chi connectivity index (χ4n) is 2.32. The number of hydrogen-bond donors (Lipinski definition) is 1. The van der Waals surface area contributed by atoms with Crippen LogP contribution in [0, 0.1) is 5.92 Å². The number of benzene rings is 1. The highest BCUT2D eigenvalue weighted by Crippen LogP contribution is 2.26. The minimum atomic E-state index is 0.183. The minimum Gasteiger partial charge on any atom is -0.324 e. The summed E-state index contributed by atoms with van der Waals surface area (Å²) in [4.78, 5) is 0. The molecule has 0 heterocycles. The first-order valence-electron chi connectivity index (χ1n) is 7.45. The van der Waals surface area contributed by atoms with E-state index in [2.05, 4.69) is 52.0 Å². The zero-order chi connectivity index (χ0) is 13.5. The van der Waals surface area contributed by atoms with Crippen LogP contribution in [0.4, 0.5) is 0 Å². The molecule has 3 atom stereocenters. The Bertz CT molecular complexity index is 328. The van der Waals surface area contributed by atoms with Crippen molar-refractivity contribution in [1.82, 2.24) is 0 Å². The second kappa shape index (κ2) is 7.58. The van der Waals surface area contributed by atoms with Gasteiger partial charge >= 0.3 is 0 Å². The molecular formula is C17H29N. The first-order valence-corrected chi connectivity index (χ1v) is 7.45. The molecule has 18 heavy (non-hydrogen) atoms. The molecule has 0 saturated carbocycles. The van der Waals surface area contributed by atoms with Gasteiger partial charge in [-0.05, 0) is 35.8 Å². The summed E-state index contributed by atoms with van der Waals surface area (Å²) in [6.07, 6.45) is 4.95. The lowest BCUT2D eigenvalue weighted by atomic mass is 9.89. The summed E-state index contributed by atoms with van der Waals surface area (Å²) in [5, 5.41) is 0. The quantitative estimate of drug-likeness (QED) is 0.719. The van der Waals surface area contributed by atoms with E-state index in [-0.39, 0.29) is 6.04 Å². The van der Waals surface area contributed by atoms with Gasteiger partial charge in [-0.2, -0.15) is 0 Å². The molecule has 0 fully saturated rings. The first-order chi connectivity index (χ1) is 8.60. The van der Waals surface area contributed by atoms with E-state index in [0.29, 0.717) is 11.8 Å². The Kier molecular flexibility index (Phi) is 6.42. The van der Waals surface area contributed by atoms with E-state index < -0.39 is 0 Å². The summed E-state index contributed by atoms with van der Waals surface area (Å²) >= 11 is 0. The molecule has 0 amide bonds. The molecule has 1 aromatic rings. The Morgan fingerprint density at radius 1 is 1.00 bits per heavy atom. The zero-order valence-corrected chi connectivity index (χ0v) is 12.4. The maximum absolute atomic E-state index is 6.34. The van der Waals surface area contributed by atoms with Gasteiger partial charge in [0.1, 0.15) is 0 Å². The predicted octanol–water partition coefficient (Wildman–Crippen LogP) is 5.03. The Balaban J connectivity index is 2.66. The largest absolute Gasteiger partial charge is 0.324 e. The van der Waals surface area contributed by atoms with Gasteiger partial charge in [-0.25, -0.2) is 0 Å². The summed E-state index contributed by atoms with van der Waals surface area (Å²) < 4.78 is 0. The molecule has 0 aromatic heterocycles. The average Bonchev–Trinajstić information content (AvgIpc) is 2.43. The van der Waals surface area contributed by atoms with Crippen LogP contribution in [-0.2, 0) is 0 Å². The predicted molar refractivity (Wildman–Crippen MR) is 80.8 cm³/mol. The van der Waals surface area contributed by atoms with Crippen LogP contribution in [0.25, 0.3) is 0 Å². The van der Waals surface area contributed by atoms with Crippen molar-refractivity contribution in [2.45, 2.75) is 65.3 Å². The fourth-order valence-corrected chi connectivity index (χ4v) is 2.32. The van der Waals surface area contributed by atoms with Crippen molar-refractivity contribution in [3.63, 3.8) is 0 Å². The molecule has 0 saturated heterocycles. The molecule has 2 N–H and O–H groups in total. The van der Waals surface area contributed by atoms with E-state index in [1.165, 1.54) is 36.8 Å². The lowest BCUT2D eigenvalue weighted by Gasteiger charge is -2.21. The van der Waals surface area contributed by atoms with E-state index in [0.717, 1.165) is 0 Å². The van der Waals surface area contributed by atoms with Gasteiger partial charge in [0.15, 0.2) is 0 Å². The molecule has 0 bridgehead atoms. The van der Waals surface area contributed by atoms with Crippen LogP contribution in [0.3, 0.4) is 0 Å². The van der Waals surface area contributed by atoms with Crippen LogP contribution in [0.1, 0.15) is 76.5 Å². The summed E-state index contributed by atoms with van der Waals surface area (Å²) in [6, 6.07) is 9.11. The summed E-state index contributed by atoms with van der Waals surface area (Å²) in [7, 11) is 0. The van der Waals surface area contributed by atoms with Gasteiger partial charge in [-0.3, -0.25) is 0 Å². The van der Waals surface area contributed by atoms with Crippen LogP contribution in [0.2, 0.25) is 0 Å². The first kappa shape index (κ1) is 15.2. The molecule has 102 valence electrons. The van der Waals surface area contributed by atoms with Crippen LogP contribution >= 0.6 is 0 Å². The van der Waals surface area contributed by atoms with Gasteiger partial charge in [-0.15, -0.1) is 0 Å². The molecule has 0 aliphatic carbocycles. The van der Waals surface area contributed by atoms with E-state index in [1.807, 2.05) is 0 Å². The molecular weight excluding hydrogens is 218 g/mol. The van der Waals surface area contributed by atoms with Crippen molar-refractivity contribution in [2.75, 3.05) is 0 Å². The highest BCUT2D eigenvalue weighted by Gasteiger charge is 2.14. The minimum absolute atomic E-state index is 0.183. The molecule has 1 aromatic carbocycles. The Labute approximate surface area is 113 Å². The highest BCUT2D eigenvalue weighted by atomic mass is 14.6. The van der Waals surface area contributed by atoms with Crippen molar-refractivity contribution in [3.8, 4) is 0 Å². The Hall–Kier alpha value is -0.820. The number of hydrogen-bond acceptors (Lipinski definition) is 1. The maximum Gasteiger partial charge on any atom is 0.0320 e. The smallest absolute Gasteiger partial charge is 0.0320 e. The lowest BCUT2D eigenvalue weighted by Crippen LogP contribution is -2.19. The number of rotatable bonds is 7. The fraction of sp³-hybridized carbons (Fsp3) is 0.647. The van der Waals surface area contributed by atoms with Crippen LogP contribution in [0.15, 0.2) is 24.3 Å². The van der Waals surface area contributed by atoms with Gasteiger partial charge in [0.05, 0.1) is 0 Å². The van der Waals surface area contributed by atoms with Crippen LogP contribution < -0.4 is 5.73 Å². The van der Waals surface area contributed by atoms with Crippen molar-refractivity contribution in [1.29, 1.82) is 0 Å². The van der Waals surface area contributed by atoms with Gasteiger partial charge in [0.2, 0.25) is 0 Å². The SMILES string of the molecule is CCCCC(C)C(N)c1ccc(C(C)CC)cc1. The normalized spacial score (nSPS) is 16.3. The molecule has 1 heteroatoms. The molecule has 0 radical (unpaired) electrons. The second-order valence-electron chi connectivity index (χ2n) is 5.62. The number of nitrogens with two attached hydrogens (primary N) is 1. The third-order valence-electron chi connectivity index (χ3n) is 4.13. The molecule has 0 aliphatic rings. The Morgan fingerprint density at radius 2 is 1.56 bits per heavy atom. The summed E-state index contributed by atoms with van der Waals surface area (Å²) in [5.74, 6) is 1.21. The van der Waals surface area contributed by atoms with Crippen molar-refractivity contribution in [3.05, 3.63) is 35.4 Å². The van der Waals surface area contributed by atoms with Crippen molar-refractivity contribution < 1.29 is 0 Å². The maximum atomic E-state index is 6.34. The van der Waals surface area contributed by atoms with Gasteiger partial charge < -0.3 is 5.73 Å². The molecule has 1 rings (SSSR count). The molecule has 1 nitrogen and oxygen atoms in total. The van der Waals surface area contributed by atoms with Gasteiger partial charge in [0.25, 0.3) is 0 Å². The summed E-state index contributed by atoms with van der Waals surface area (Å²) in [6.45, 7) is 9.01. The third-order valence-corrected chi connectivity index (χ3v) is 4.13. The van der Waals surface area contributed by atoms with E-state index in [1.54, 1.807) is 0 Å². The molecule has 0 aliphatic heterocycles. The Morgan fingerprint density at radius 3 is 2.06 bits per heavy atom. The molecule has 3 unspecified atom stereocenters. The van der Waals surface area contributed by atoms with Gasteiger partial charge in [-0.1, -0.05) is 64.8 Å². The highest BCUT2D eigenvalue weighted by molar-refractivity contribution is 5.27. The van der Waals surface area contributed by atoms with Crippen molar-refractivity contribution >= 4 is 0 Å². The zero-order valence-electron chi connectivity index (χ0n) is 12.4. The lowest BCUT2D eigenvalue weighted by molar-refractivity contribution is 0.423. The number of unbranched alkanes of at least 4 members (excludes halogenated alkanes) is 1. The standard InChI is InChI=1S/C17H29N/c1-5-7-8-14(4)17(18)16-11-9-15(10-12-16)13(3)6-2/h9-14,17H,5-8,18H2,1-4H3. The summed E-state index contributed by atoms with van der Waals surface area (Å²) in [5.41, 5.74) is 9.05. The molecule has 0 spiro atoms. The topological polar surface area (TPSA) is 26.0 Å². The van der Waals surface area contributed by atoms with E-state index in [9.17, 15) is 0 Å². The van der Waals surface area contributed by atoms with Crippen molar-refractivity contribution in [2.24, 2.45) is 11.7 Å². The van der Waals surface area contributed by atoms with Crippen LogP contribution in [0.5, 0.6) is 0 Å². The van der Waals surface area contributed by atoms with Gasteiger partial charge in [0, 0.05) is 6.04 Å². The average molecular weight is 247 g/mol. The monoisotopic (exact) mass is 247 g/mol. The third kappa shape index (κ3) is 4.13.